The third-order valence-electron chi connectivity index (χ3n) is 3.77. The van der Waals surface area contributed by atoms with E-state index in [2.05, 4.69) is 34.9 Å². The van der Waals surface area contributed by atoms with Gasteiger partial charge < -0.3 is 15.5 Å². The van der Waals surface area contributed by atoms with Crippen LogP contribution in [0.4, 0.5) is 5.69 Å². The number of nitrogens with zero attached hydrogens (tertiary/aromatic N) is 2. The topological polar surface area (TPSA) is 49.6 Å². The fourth-order valence-corrected chi connectivity index (χ4v) is 3.11. The number of hydrogen-bond acceptors (Lipinski definition) is 3. The van der Waals surface area contributed by atoms with E-state index in [1.54, 1.807) is 12.1 Å². The molecule has 0 spiro atoms. The highest BCUT2D eigenvalue weighted by Gasteiger charge is 2.24. The second-order valence-electron chi connectivity index (χ2n) is 5.73. The Balaban J connectivity index is 0.00000220. The standard InChI is InChI=1S/C15H22BrN3O.2ClH/c1-18(2)10-11-5-7-19(8-6-11)15(20)13-4-3-12(16)9-14(13)17;;/h3-4,9,11H,5-8,10,17H2,1-2H3;2*1H. The molecule has 22 heavy (non-hydrogen) atoms. The summed E-state index contributed by atoms with van der Waals surface area (Å²) < 4.78 is 0.899. The van der Waals surface area contributed by atoms with Gasteiger partial charge in [-0.15, -0.1) is 24.8 Å². The average Bonchev–Trinajstić information content (AvgIpc) is 2.38. The van der Waals surface area contributed by atoms with E-state index in [9.17, 15) is 4.79 Å². The van der Waals surface area contributed by atoms with E-state index in [-0.39, 0.29) is 30.7 Å². The van der Waals surface area contributed by atoms with Gasteiger partial charge in [0.15, 0.2) is 0 Å². The summed E-state index contributed by atoms with van der Waals surface area (Å²) in [5, 5.41) is 0. The van der Waals surface area contributed by atoms with Crippen LogP contribution in [0.15, 0.2) is 22.7 Å². The maximum Gasteiger partial charge on any atom is 0.255 e. The van der Waals surface area contributed by atoms with Crippen LogP contribution in [-0.4, -0.2) is 49.4 Å². The van der Waals surface area contributed by atoms with Crippen LogP contribution < -0.4 is 5.73 Å². The van der Waals surface area contributed by atoms with Crippen LogP contribution in [-0.2, 0) is 0 Å². The monoisotopic (exact) mass is 411 g/mol. The number of rotatable bonds is 3. The normalized spacial score (nSPS) is 15.2. The molecule has 0 bridgehead atoms. The zero-order valence-electron chi connectivity index (χ0n) is 12.9. The predicted molar refractivity (Wildman–Crippen MR) is 100 cm³/mol. The highest BCUT2D eigenvalue weighted by atomic mass is 79.9. The first kappa shape index (κ1) is 21.5. The van der Waals surface area contributed by atoms with E-state index >= 15 is 0 Å². The fraction of sp³-hybridized carbons (Fsp3) is 0.533. The molecular weight excluding hydrogens is 389 g/mol. The summed E-state index contributed by atoms with van der Waals surface area (Å²) in [5.74, 6) is 0.745. The largest absolute Gasteiger partial charge is 0.398 e. The van der Waals surface area contributed by atoms with Gasteiger partial charge in [0, 0.05) is 29.8 Å². The summed E-state index contributed by atoms with van der Waals surface area (Å²) in [4.78, 5) is 16.6. The zero-order valence-corrected chi connectivity index (χ0v) is 16.1. The van der Waals surface area contributed by atoms with E-state index in [1.165, 1.54) is 0 Å². The number of carbonyl (C=O) groups is 1. The minimum atomic E-state index is 0. The van der Waals surface area contributed by atoms with E-state index in [1.807, 2.05) is 11.0 Å². The molecule has 0 aliphatic carbocycles. The number of nitrogens with two attached hydrogens (primary N) is 1. The number of carbonyl (C=O) groups excluding carboxylic acids is 1. The van der Waals surface area contributed by atoms with Crippen LogP contribution >= 0.6 is 40.7 Å². The smallest absolute Gasteiger partial charge is 0.255 e. The Morgan fingerprint density at radius 3 is 2.41 bits per heavy atom. The number of likely N-dealkylation sites (tertiary alicyclic amines) is 1. The summed E-state index contributed by atoms with van der Waals surface area (Å²) in [6, 6.07) is 5.45. The van der Waals surface area contributed by atoms with Gasteiger partial charge in [-0.1, -0.05) is 15.9 Å². The first-order valence-corrected chi connectivity index (χ1v) is 7.75. The van der Waals surface area contributed by atoms with E-state index in [0.29, 0.717) is 17.2 Å². The van der Waals surface area contributed by atoms with Gasteiger partial charge in [-0.25, -0.2) is 0 Å². The van der Waals surface area contributed by atoms with E-state index in [4.69, 9.17) is 5.73 Å². The lowest BCUT2D eigenvalue weighted by molar-refractivity contribution is 0.0679. The van der Waals surface area contributed by atoms with Gasteiger partial charge in [0.25, 0.3) is 5.91 Å². The van der Waals surface area contributed by atoms with Crippen LogP contribution in [0.25, 0.3) is 0 Å². The van der Waals surface area contributed by atoms with Gasteiger partial charge in [0.2, 0.25) is 0 Å². The first-order chi connectivity index (χ1) is 9.47. The van der Waals surface area contributed by atoms with Crippen LogP contribution in [0.2, 0.25) is 0 Å². The molecule has 0 radical (unpaired) electrons. The molecule has 1 aromatic carbocycles. The second kappa shape index (κ2) is 9.60. The first-order valence-electron chi connectivity index (χ1n) is 6.96. The Hall–Kier alpha value is -0.490. The average molecular weight is 413 g/mol. The second-order valence-corrected chi connectivity index (χ2v) is 6.65. The summed E-state index contributed by atoms with van der Waals surface area (Å²) in [5.41, 5.74) is 7.09. The van der Waals surface area contributed by atoms with Gasteiger partial charge >= 0.3 is 0 Å². The van der Waals surface area contributed by atoms with E-state index in [0.717, 1.165) is 36.9 Å². The van der Waals surface area contributed by atoms with Crippen LogP contribution in [0, 0.1) is 5.92 Å². The van der Waals surface area contributed by atoms with Gasteiger partial charge in [-0.3, -0.25) is 4.79 Å². The summed E-state index contributed by atoms with van der Waals surface area (Å²) in [6.45, 7) is 2.75. The van der Waals surface area contributed by atoms with E-state index < -0.39 is 0 Å². The number of amides is 1. The highest BCUT2D eigenvalue weighted by Crippen LogP contribution is 2.23. The molecule has 1 aliphatic rings. The van der Waals surface area contributed by atoms with Crippen molar-refractivity contribution in [1.82, 2.24) is 9.80 Å². The predicted octanol–water partition coefficient (Wildman–Crippen LogP) is 3.29. The minimum Gasteiger partial charge on any atom is -0.398 e. The molecule has 4 nitrogen and oxygen atoms in total. The molecule has 1 amide bonds. The lowest BCUT2D eigenvalue weighted by Crippen LogP contribution is -2.40. The molecule has 0 unspecified atom stereocenters. The van der Waals surface area contributed by atoms with Crippen molar-refractivity contribution in [2.24, 2.45) is 5.92 Å². The quantitative estimate of drug-likeness (QED) is 0.774. The van der Waals surface area contributed by atoms with Crippen molar-refractivity contribution in [3.63, 3.8) is 0 Å². The SMILES string of the molecule is CN(C)CC1CCN(C(=O)c2ccc(Br)cc2N)CC1.Cl.Cl. The number of nitrogen functional groups attached to an aromatic ring is 1. The van der Waals surface area contributed by atoms with Crippen molar-refractivity contribution in [3.8, 4) is 0 Å². The summed E-state index contributed by atoms with van der Waals surface area (Å²) in [7, 11) is 4.19. The number of piperidine rings is 1. The van der Waals surface area contributed by atoms with Crippen LogP contribution in [0.1, 0.15) is 23.2 Å². The van der Waals surface area contributed by atoms with Crippen molar-refractivity contribution in [1.29, 1.82) is 0 Å². The molecule has 1 aliphatic heterocycles. The highest BCUT2D eigenvalue weighted by molar-refractivity contribution is 9.10. The number of anilines is 1. The molecule has 2 rings (SSSR count). The number of halogens is 3. The molecule has 7 heteroatoms. The van der Waals surface area contributed by atoms with Gasteiger partial charge in [0.1, 0.15) is 0 Å². The Kier molecular flexibility index (Phi) is 9.39. The molecule has 126 valence electrons. The van der Waals surface area contributed by atoms with Crippen LogP contribution in [0.3, 0.4) is 0 Å². The Morgan fingerprint density at radius 2 is 1.91 bits per heavy atom. The van der Waals surface area contributed by atoms with Crippen molar-refractivity contribution in [2.75, 3.05) is 39.5 Å². The van der Waals surface area contributed by atoms with Crippen molar-refractivity contribution >= 4 is 52.3 Å². The maximum absolute atomic E-state index is 12.5. The number of benzene rings is 1. The Labute approximate surface area is 153 Å². The van der Waals surface area contributed by atoms with Crippen LogP contribution in [0.5, 0.6) is 0 Å². The lowest BCUT2D eigenvalue weighted by atomic mass is 9.96. The minimum absolute atomic E-state index is 0. The van der Waals surface area contributed by atoms with Crippen molar-refractivity contribution in [2.45, 2.75) is 12.8 Å². The van der Waals surface area contributed by atoms with Gasteiger partial charge in [-0.05, 0) is 51.1 Å². The van der Waals surface area contributed by atoms with Gasteiger partial charge in [0.05, 0.1) is 5.56 Å². The van der Waals surface area contributed by atoms with Crippen molar-refractivity contribution in [3.05, 3.63) is 28.2 Å². The number of hydrogen-bond donors (Lipinski definition) is 1. The van der Waals surface area contributed by atoms with Gasteiger partial charge in [-0.2, -0.15) is 0 Å². The third kappa shape index (κ3) is 5.61. The molecule has 1 aromatic rings. The molecule has 0 atom stereocenters. The molecule has 2 N–H and O–H groups in total. The maximum atomic E-state index is 12.5. The van der Waals surface area contributed by atoms with Crippen molar-refractivity contribution < 1.29 is 4.79 Å². The molecule has 1 fully saturated rings. The Bertz CT molecular complexity index is 492. The summed E-state index contributed by atoms with van der Waals surface area (Å²) >= 11 is 3.36. The lowest BCUT2D eigenvalue weighted by Gasteiger charge is -2.33. The molecule has 0 saturated carbocycles. The fourth-order valence-electron chi connectivity index (χ4n) is 2.73. The third-order valence-corrected chi connectivity index (χ3v) is 4.26. The summed E-state index contributed by atoms with van der Waals surface area (Å²) in [6.07, 6.45) is 2.14. The molecular formula is C15H24BrCl2N3O. The Morgan fingerprint density at radius 1 is 1.32 bits per heavy atom. The molecule has 1 heterocycles. The molecule has 0 aromatic heterocycles. The molecule has 1 saturated heterocycles. The zero-order chi connectivity index (χ0) is 14.7.